The molecule has 2 heterocycles. The maximum absolute atomic E-state index is 5.90. The lowest BCUT2D eigenvalue weighted by atomic mass is 10.1. The summed E-state index contributed by atoms with van der Waals surface area (Å²) in [6, 6.07) is 1.71. The molecule has 0 aromatic carbocycles. The molecule has 106 valence electrons. The Bertz CT molecular complexity index is 407. The first-order valence-electron chi connectivity index (χ1n) is 6.40. The number of hydrogen-bond acceptors (Lipinski definition) is 7. The van der Waals surface area contributed by atoms with Gasteiger partial charge in [-0.05, 0) is 19.9 Å². The van der Waals surface area contributed by atoms with Crippen molar-refractivity contribution in [2.45, 2.75) is 25.6 Å². The molecule has 7 heteroatoms. The van der Waals surface area contributed by atoms with Crippen molar-refractivity contribution in [2.24, 2.45) is 5.84 Å². The number of nitrogens with one attached hydrogen (secondary N) is 1. The lowest BCUT2D eigenvalue weighted by molar-refractivity contribution is 0.108. The second-order valence-electron chi connectivity index (χ2n) is 4.71. The third-order valence-electron chi connectivity index (χ3n) is 3.12. The Balaban J connectivity index is 2.04. The number of hydrazine groups is 1. The van der Waals surface area contributed by atoms with E-state index in [4.69, 9.17) is 15.3 Å². The fraction of sp³-hybridized carbons (Fsp3) is 0.667. The van der Waals surface area contributed by atoms with Crippen molar-refractivity contribution in [3.63, 3.8) is 0 Å². The maximum Gasteiger partial charge on any atom is 0.219 e. The summed E-state index contributed by atoms with van der Waals surface area (Å²) >= 11 is 0. The normalized spacial score (nSPS) is 17.4. The molecular weight excluding hydrogens is 246 g/mol. The molecule has 3 N–H and O–H groups in total. The minimum atomic E-state index is 0.201. The van der Waals surface area contributed by atoms with E-state index in [1.54, 1.807) is 13.2 Å². The number of aromatic nitrogens is 2. The topological polar surface area (TPSA) is 85.5 Å². The molecular formula is C12H21N5O2. The van der Waals surface area contributed by atoms with Crippen LogP contribution >= 0.6 is 0 Å². The lowest BCUT2D eigenvalue weighted by Gasteiger charge is -2.29. The smallest absolute Gasteiger partial charge is 0.219 e. The largest absolute Gasteiger partial charge is 0.474 e. The second kappa shape index (κ2) is 6.65. The van der Waals surface area contributed by atoms with Gasteiger partial charge in [0, 0.05) is 26.3 Å². The van der Waals surface area contributed by atoms with Crippen molar-refractivity contribution < 1.29 is 9.47 Å². The molecule has 2 rings (SSSR count). The molecule has 1 saturated heterocycles. The number of methoxy groups -OCH3 is 1. The molecule has 1 aliphatic rings. The zero-order chi connectivity index (χ0) is 13.7. The monoisotopic (exact) mass is 267 g/mol. The van der Waals surface area contributed by atoms with Gasteiger partial charge in [-0.2, -0.15) is 4.98 Å². The lowest BCUT2D eigenvalue weighted by Crippen LogP contribution is -2.35. The highest BCUT2D eigenvalue weighted by Gasteiger charge is 2.19. The SMILES string of the molecule is COCc1nc(NN)cc(OC2CCN(C)CC2)n1. The summed E-state index contributed by atoms with van der Waals surface area (Å²) in [4.78, 5) is 10.8. The van der Waals surface area contributed by atoms with Gasteiger partial charge >= 0.3 is 0 Å². The number of piperidine rings is 1. The van der Waals surface area contributed by atoms with Gasteiger partial charge in [0.1, 0.15) is 18.5 Å². The number of likely N-dealkylation sites (tertiary alicyclic amines) is 1. The van der Waals surface area contributed by atoms with Crippen LogP contribution < -0.4 is 16.0 Å². The van der Waals surface area contributed by atoms with Gasteiger partial charge in [0.15, 0.2) is 5.82 Å². The average molecular weight is 267 g/mol. The Morgan fingerprint density at radius 1 is 1.42 bits per heavy atom. The first-order chi connectivity index (χ1) is 9.21. The number of ether oxygens (including phenoxy) is 2. The van der Waals surface area contributed by atoms with Gasteiger partial charge in [-0.1, -0.05) is 0 Å². The van der Waals surface area contributed by atoms with Crippen molar-refractivity contribution in [1.82, 2.24) is 14.9 Å². The summed E-state index contributed by atoms with van der Waals surface area (Å²) < 4.78 is 10.9. The number of rotatable bonds is 5. The fourth-order valence-electron chi connectivity index (χ4n) is 2.07. The van der Waals surface area contributed by atoms with E-state index in [2.05, 4.69) is 27.3 Å². The van der Waals surface area contributed by atoms with E-state index in [-0.39, 0.29) is 6.10 Å². The Morgan fingerprint density at radius 3 is 2.79 bits per heavy atom. The summed E-state index contributed by atoms with van der Waals surface area (Å²) in [6.45, 7) is 2.42. The van der Waals surface area contributed by atoms with Crippen molar-refractivity contribution in [3.05, 3.63) is 11.9 Å². The van der Waals surface area contributed by atoms with Gasteiger partial charge in [0.2, 0.25) is 5.88 Å². The zero-order valence-electron chi connectivity index (χ0n) is 11.4. The van der Waals surface area contributed by atoms with Crippen molar-refractivity contribution in [2.75, 3.05) is 32.7 Å². The summed E-state index contributed by atoms with van der Waals surface area (Å²) in [5, 5.41) is 0. The molecule has 0 unspecified atom stereocenters. The molecule has 19 heavy (non-hydrogen) atoms. The van der Waals surface area contributed by atoms with Crippen LogP contribution in [0, 0.1) is 0 Å². The summed E-state index contributed by atoms with van der Waals surface area (Å²) in [5.41, 5.74) is 2.52. The van der Waals surface area contributed by atoms with Gasteiger partial charge in [-0.15, -0.1) is 0 Å². The van der Waals surface area contributed by atoms with Gasteiger partial charge in [0.05, 0.1) is 0 Å². The molecule has 1 aromatic rings. The Morgan fingerprint density at radius 2 is 2.16 bits per heavy atom. The van der Waals surface area contributed by atoms with Crippen LogP contribution in [0.5, 0.6) is 5.88 Å². The van der Waals surface area contributed by atoms with E-state index in [9.17, 15) is 0 Å². The van der Waals surface area contributed by atoms with E-state index < -0.39 is 0 Å². The summed E-state index contributed by atoms with van der Waals surface area (Å²) in [6.07, 6.45) is 2.21. The molecule has 0 atom stereocenters. The van der Waals surface area contributed by atoms with Gasteiger partial charge in [-0.25, -0.2) is 10.8 Å². The standard InChI is InChI=1S/C12H21N5O2/c1-17-5-3-9(4-6-17)19-12-7-10(16-13)14-11(15-12)8-18-2/h7,9H,3-6,8,13H2,1-2H3,(H,14,15,16). The average Bonchev–Trinajstić information content (AvgIpc) is 2.41. The highest BCUT2D eigenvalue weighted by molar-refractivity contribution is 5.37. The third kappa shape index (κ3) is 4.02. The maximum atomic E-state index is 5.90. The number of nitrogen functional groups attached to an aromatic ring is 1. The predicted molar refractivity (Wildman–Crippen MR) is 71.7 cm³/mol. The molecule has 1 aromatic heterocycles. The minimum Gasteiger partial charge on any atom is -0.474 e. The van der Waals surface area contributed by atoms with Crippen LogP contribution in [0.15, 0.2) is 6.07 Å². The Labute approximate surface area is 113 Å². The van der Waals surface area contributed by atoms with Crippen LogP contribution in [0.2, 0.25) is 0 Å². The molecule has 0 saturated carbocycles. The molecule has 0 amide bonds. The first-order valence-corrected chi connectivity index (χ1v) is 6.40. The van der Waals surface area contributed by atoms with Gasteiger partial charge in [-0.3, -0.25) is 0 Å². The van der Waals surface area contributed by atoms with Crippen molar-refractivity contribution in [1.29, 1.82) is 0 Å². The van der Waals surface area contributed by atoms with E-state index in [1.807, 2.05) is 0 Å². The van der Waals surface area contributed by atoms with Crippen LogP contribution in [0.4, 0.5) is 5.82 Å². The minimum absolute atomic E-state index is 0.201. The number of hydrogen-bond donors (Lipinski definition) is 2. The molecule has 0 aliphatic carbocycles. The molecule has 1 aliphatic heterocycles. The predicted octanol–water partition coefficient (Wildman–Crippen LogP) is 0.382. The van der Waals surface area contributed by atoms with E-state index in [0.29, 0.717) is 24.1 Å². The van der Waals surface area contributed by atoms with Crippen LogP contribution in [-0.2, 0) is 11.3 Å². The van der Waals surface area contributed by atoms with E-state index >= 15 is 0 Å². The van der Waals surface area contributed by atoms with Crippen molar-refractivity contribution in [3.8, 4) is 5.88 Å². The van der Waals surface area contributed by atoms with Gasteiger partial charge in [0.25, 0.3) is 0 Å². The van der Waals surface area contributed by atoms with Gasteiger partial charge < -0.3 is 19.8 Å². The van der Waals surface area contributed by atoms with Crippen LogP contribution in [0.3, 0.4) is 0 Å². The fourth-order valence-corrected chi connectivity index (χ4v) is 2.07. The molecule has 0 spiro atoms. The summed E-state index contributed by atoms with van der Waals surface area (Å²) in [5.74, 6) is 7.03. The van der Waals surface area contributed by atoms with Crippen LogP contribution in [0.1, 0.15) is 18.7 Å². The number of nitrogens with zero attached hydrogens (tertiary/aromatic N) is 3. The molecule has 1 fully saturated rings. The van der Waals surface area contributed by atoms with E-state index in [0.717, 1.165) is 25.9 Å². The third-order valence-corrected chi connectivity index (χ3v) is 3.12. The van der Waals surface area contributed by atoms with E-state index in [1.165, 1.54) is 0 Å². The first kappa shape index (κ1) is 14.0. The Hall–Kier alpha value is -1.44. The number of anilines is 1. The zero-order valence-corrected chi connectivity index (χ0v) is 11.4. The van der Waals surface area contributed by atoms with Crippen LogP contribution in [-0.4, -0.2) is 48.2 Å². The van der Waals surface area contributed by atoms with Crippen molar-refractivity contribution >= 4 is 5.82 Å². The Kier molecular flexibility index (Phi) is 4.89. The molecule has 7 nitrogen and oxygen atoms in total. The highest BCUT2D eigenvalue weighted by atomic mass is 16.5. The summed E-state index contributed by atoms with van der Waals surface area (Å²) in [7, 11) is 3.72. The molecule has 0 bridgehead atoms. The molecule has 0 radical (unpaired) electrons. The quantitative estimate of drug-likeness (QED) is 0.589. The highest BCUT2D eigenvalue weighted by Crippen LogP contribution is 2.19. The number of nitrogens with two attached hydrogens (primary N) is 1. The second-order valence-corrected chi connectivity index (χ2v) is 4.71. The van der Waals surface area contributed by atoms with Crippen LogP contribution in [0.25, 0.3) is 0 Å².